The Kier molecular flexibility index (Phi) is 7.35. The number of hydrogen-bond acceptors (Lipinski definition) is 7. The number of carbonyl (C=O) groups excluding carboxylic acids is 1. The van der Waals surface area contributed by atoms with Gasteiger partial charge in [-0.15, -0.1) is 0 Å². The summed E-state index contributed by atoms with van der Waals surface area (Å²) in [5.41, 5.74) is 2.78. The Balaban J connectivity index is 1.56. The van der Waals surface area contributed by atoms with E-state index in [0.717, 1.165) is 42.7 Å². The van der Waals surface area contributed by atoms with Crippen molar-refractivity contribution in [3.63, 3.8) is 0 Å². The molecule has 0 spiro atoms. The number of anilines is 1. The van der Waals surface area contributed by atoms with E-state index in [1.165, 1.54) is 18.2 Å². The number of aromatic nitrogens is 2. The number of thiocarbonyl (C=S) groups is 1. The van der Waals surface area contributed by atoms with Gasteiger partial charge in [0.05, 0.1) is 24.1 Å². The molecule has 2 aliphatic rings. The zero-order valence-corrected chi connectivity index (χ0v) is 22.9. The van der Waals surface area contributed by atoms with Gasteiger partial charge in [0.2, 0.25) is 0 Å². The normalized spacial score (nSPS) is 19.3. The van der Waals surface area contributed by atoms with Crippen molar-refractivity contribution in [1.29, 1.82) is 0 Å². The lowest BCUT2D eigenvalue weighted by Crippen LogP contribution is -2.41. The first-order valence-electron chi connectivity index (χ1n) is 12.6. The van der Waals surface area contributed by atoms with Gasteiger partial charge >= 0.3 is 0 Å². The minimum atomic E-state index is -0.198. The molecule has 37 heavy (non-hydrogen) atoms. The van der Waals surface area contributed by atoms with E-state index in [1.54, 1.807) is 28.7 Å². The molecule has 1 atom stereocenters. The number of benzene rings is 1. The number of hydrogen-bond donors (Lipinski definition) is 0. The topological polar surface area (TPSA) is 67.2 Å². The Morgan fingerprint density at radius 2 is 1.95 bits per heavy atom. The molecule has 1 amide bonds. The number of rotatable bonds is 6. The summed E-state index contributed by atoms with van der Waals surface area (Å²) in [6.07, 6.45) is 7.75. The molecule has 5 rings (SSSR count). The summed E-state index contributed by atoms with van der Waals surface area (Å²) in [6.45, 7) is 5.31. The Labute approximate surface area is 226 Å². The van der Waals surface area contributed by atoms with E-state index >= 15 is 0 Å². The lowest BCUT2D eigenvalue weighted by atomic mass is 9.99. The van der Waals surface area contributed by atoms with Crippen molar-refractivity contribution in [3.05, 3.63) is 74.5 Å². The van der Waals surface area contributed by atoms with Crippen molar-refractivity contribution in [3.8, 4) is 5.75 Å². The average Bonchev–Trinajstić information content (AvgIpc) is 3.18. The summed E-state index contributed by atoms with van der Waals surface area (Å²) in [5, 5.41) is 0. The second kappa shape index (κ2) is 10.7. The molecule has 2 saturated heterocycles. The van der Waals surface area contributed by atoms with Crippen molar-refractivity contribution in [1.82, 2.24) is 14.3 Å². The van der Waals surface area contributed by atoms with E-state index in [0.29, 0.717) is 38.8 Å². The Morgan fingerprint density at radius 3 is 2.68 bits per heavy atom. The molecular weight excluding hydrogens is 504 g/mol. The summed E-state index contributed by atoms with van der Waals surface area (Å²) in [7, 11) is 1.62. The highest BCUT2D eigenvalue weighted by Gasteiger charge is 2.33. The summed E-state index contributed by atoms with van der Waals surface area (Å²) < 4.78 is 7.28. The Morgan fingerprint density at radius 1 is 1.16 bits per heavy atom. The van der Waals surface area contributed by atoms with Gasteiger partial charge in [-0.1, -0.05) is 49.1 Å². The van der Waals surface area contributed by atoms with Crippen LogP contribution < -0.4 is 15.2 Å². The number of thioether (sulfide) groups is 1. The fourth-order valence-corrected chi connectivity index (χ4v) is 6.21. The Hall–Kier alpha value is -3.17. The van der Waals surface area contributed by atoms with Crippen LogP contribution in [0.15, 0.2) is 52.3 Å². The smallest absolute Gasteiger partial charge is 0.267 e. The first-order chi connectivity index (χ1) is 17.9. The monoisotopic (exact) mass is 534 g/mol. The third-order valence-corrected chi connectivity index (χ3v) is 8.38. The maximum absolute atomic E-state index is 13.8. The molecule has 0 radical (unpaired) electrons. The summed E-state index contributed by atoms with van der Waals surface area (Å²) in [5.74, 6) is 1.21. The third kappa shape index (κ3) is 5.02. The second-order valence-electron chi connectivity index (χ2n) is 9.46. The fraction of sp³-hybridized carbons (Fsp3) is 0.357. The van der Waals surface area contributed by atoms with Crippen LogP contribution in [0.4, 0.5) is 5.82 Å². The molecule has 2 aromatic heterocycles. The second-order valence-corrected chi connectivity index (χ2v) is 11.1. The lowest BCUT2D eigenvalue weighted by Gasteiger charge is -2.37. The number of pyridine rings is 1. The molecule has 3 aromatic rings. The highest BCUT2D eigenvalue weighted by atomic mass is 32.2. The molecule has 192 valence electrons. The van der Waals surface area contributed by atoms with Crippen LogP contribution in [0.3, 0.4) is 0 Å². The van der Waals surface area contributed by atoms with Crippen molar-refractivity contribution >= 4 is 51.7 Å². The van der Waals surface area contributed by atoms with Crippen LogP contribution in [0.5, 0.6) is 5.75 Å². The van der Waals surface area contributed by atoms with Crippen LogP contribution in [0.2, 0.25) is 0 Å². The molecule has 0 saturated carbocycles. The predicted octanol–water partition coefficient (Wildman–Crippen LogP) is 5.18. The molecule has 0 N–H and O–H groups in total. The van der Waals surface area contributed by atoms with Gasteiger partial charge in [0.1, 0.15) is 21.5 Å². The van der Waals surface area contributed by atoms with Crippen LogP contribution in [-0.2, 0) is 11.3 Å². The third-order valence-electron chi connectivity index (χ3n) is 7.00. The first-order valence-corrected chi connectivity index (χ1v) is 13.8. The number of ether oxygens (including phenoxy) is 1. The molecule has 7 nitrogen and oxygen atoms in total. The number of methoxy groups -OCH3 is 1. The number of piperidine rings is 1. The number of fused-ring (bicyclic) bond motifs is 1. The van der Waals surface area contributed by atoms with Crippen LogP contribution in [0.25, 0.3) is 11.7 Å². The van der Waals surface area contributed by atoms with Gasteiger partial charge in [0.25, 0.3) is 11.5 Å². The van der Waals surface area contributed by atoms with Crippen molar-refractivity contribution in [2.24, 2.45) is 0 Å². The molecule has 9 heteroatoms. The van der Waals surface area contributed by atoms with Crippen LogP contribution in [-0.4, -0.2) is 44.2 Å². The van der Waals surface area contributed by atoms with Crippen molar-refractivity contribution in [2.75, 3.05) is 18.6 Å². The van der Waals surface area contributed by atoms with Crippen LogP contribution in [0, 0.1) is 6.92 Å². The SMILES string of the molecule is CCC1CCCCN1c1nc2ccc(C)cn2c(=O)c1/C=C1/SC(=S)N(Cc2ccc(OC)cc2)C1=O. The minimum Gasteiger partial charge on any atom is -0.497 e. The maximum atomic E-state index is 13.8. The number of carbonyl (C=O) groups is 1. The molecule has 2 aliphatic heterocycles. The van der Waals surface area contributed by atoms with E-state index in [4.69, 9.17) is 21.9 Å². The van der Waals surface area contributed by atoms with Gasteiger partial charge in [-0.25, -0.2) is 4.98 Å². The highest BCUT2D eigenvalue weighted by Crippen LogP contribution is 2.35. The maximum Gasteiger partial charge on any atom is 0.267 e. The van der Waals surface area contributed by atoms with Crippen LogP contribution >= 0.6 is 24.0 Å². The van der Waals surface area contributed by atoms with E-state index < -0.39 is 0 Å². The standard InChI is InChI=1S/C28H30N4O3S2/c1-4-20-7-5-6-14-30(20)25-22(26(33)31-16-18(2)8-13-24(31)29-25)15-23-27(34)32(28(36)37-23)17-19-9-11-21(35-3)12-10-19/h8-13,15-16,20H,4-7,14,17H2,1-3H3/b23-15+. The van der Waals surface area contributed by atoms with Gasteiger partial charge in [-0.2, -0.15) is 0 Å². The van der Waals surface area contributed by atoms with Crippen molar-refractivity contribution < 1.29 is 9.53 Å². The van der Waals surface area contributed by atoms with E-state index in [9.17, 15) is 9.59 Å². The van der Waals surface area contributed by atoms with E-state index in [2.05, 4.69) is 11.8 Å². The van der Waals surface area contributed by atoms with Crippen LogP contribution in [0.1, 0.15) is 49.3 Å². The fourth-order valence-electron chi connectivity index (χ4n) is 4.98. The summed E-state index contributed by atoms with van der Waals surface area (Å²) in [4.78, 5) is 36.5. The minimum absolute atomic E-state index is 0.176. The number of aryl methyl sites for hydroxylation is 1. The summed E-state index contributed by atoms with van der Waals surface area (Å²) >= 11 is 6.81. The van der Waals surface area contributed by atoms with Gasteiger partial charge < -0.3 is 9.64 Å². The first kappa shape index (κ1) is 25.5. The Bertz CT molecular complexity index is 1450. The largest absolute Gasteiger partial charge is 0.497 e. The zero-order chi connectivity index (χ0) is 26.1. The molecule has 0 bridgehead atoms. The van der Waals surface area contributed by atoms with Crippen molar-refractivity contribution in [2.45, 2.75) is 52.1 Å². The number of nitrogens with zero attached hydrogens (tertiary/aromatic N) is 4. The molecular formula is C28H30N4O3S2. The van der Waals surface area contributed by atoms with Gasteiger partial charge in [-0.3, -0.25) is 18.9 Å². The molecule has 4 heterocycles. The average molecular weight is 535 g/mol. The molecule has 1 aromatic carbocycles. The zero-order valence-electron chi connectivity index (χ0n) is 21.3. The number of amides is 1. The van der Waals surface area contributed by atoms with Gasteiger partial charge in [0.15, 0.2) is 0 Å². The highest BCUT2D eigenvalue weighted by molar-refractivity contribution is 8.26. The van der Waals surface area contributed by atoms with E-state index in [1.807, 2.05) is 43.3 Å². The lowest BCUT2D eigenvalue weighted by molar-refractivity contribution is -0.122. The van der Waals surface area contributed by atoms with Gasteiger partial charge in [-0.05, 0) is 68.0 Å². The quantitative estimate of drug-likeness (QED) is 0.319. The van der Waals surface area contributed by atoms with E-state index in [-0.39, 0.29) is 11.5 Å². The summed E-state index contributed by atoms with van der Waals surface area (Å²) in [6, 6.07) is 11.7. The molecule has 0 aliphatic carbocycles. The predicted molar refractivity (Wildman–Crippen MR) is 153 cm³/mol. The molecule has 1 unspecified atom stereocenters. The van der Waals surface area contributed by atoms with Gasteiger partial charge in [0, 0.05) is 18.8 Å². The molecule has 2 fully saturated rings.